The minimum atomic E-state index is -1.56. The third-order valence-electron chi connectivity index (χ3n) is 4.72. The zero-order valence-electron chi connectivity index (χ0n) is 13.7. The predicted octanol–water partition coefficient (Wildman–Crippen LogP) is 0.750. The van der Waals surface area contributed by atoms with Gasteiger partial charge in [0, 0.05) is 7.11 Å². The van der Waals surface area contributed by atoms with Crippen molar-refractivity contribution in [2.75, 3.05) is 20.3 Å². The van der Waals surface area contributed by atoms with Gasteiger partial charge in [-0.2, -0.15) is 0 Å². The Bertz CT molecular complexity index is 471. The first-order chi connectivity index (χ1) is 10.7. The molecule has 1 aliphatic carbocycles. The zero-order chi connectivity index (χ0) is 17.8. The first kappa shape index (κ1) is 19.6. The Morgan fingerprint density at radius 2 is 1.96 bits per heavy atom. The molecule has 4 N–H and O–H groups in total. The molecule has 0 spiro atoms. The van der Waals surface area contributed by atoms with Crippen LogP contribution in [0.1, 0.15) is 26.7 Å². The van der Waals surface area contributed by atoms with E-state index >= 15 is 0 Å². The van der Waals surface area contributed by atoms with Gasteiger partial charge in [0.25, 0.3) is 0 Å². The van der Waals surface area contributed by atoms with Crippen LogP contribution in [-0.4, -0.2) is 58.3 Å². The van der Waals surface area contributed by atoms with Crippen LogP contribution < -0.4 is 0 Å². The molecule has 1 fully saturated rings. The van der Waals surface area contributed by atoms with Crippen LogP contribution in [0.2, 0.25) is 0 Å². The summed E-state index contributed by atoms with van der Waals surface area (Å²) in [6, 6.07) is 0. The number of aliphatic hydroxyl groups is 2. The van der Waals surface area contributed by atoms with E-state index in [-0.39, 0.29) is 30.4 Å². The number of rotatable bonds is 7. The summed E-state index contributed by atoms with van der Waals surface area (Å²) >= 11 is 0. The van der Waals surface area contributed by atoms with Crippen molar-refractivity contribution in [3.63, 3.8) is 0 Å². The Hall–Kier alpha value is -1.44. The number of aliphatic carboxylic acids is 2. The van der Waals surface area contributed by atoms with Crippen LogP contribution in [-0.2, 0) is 14.3 Å². The van der Waals surface area contributed by atoms with Crippen LogP contribution in [0.25, 0.3) is 0 Å². The summed E-state index contributed by atoms with van der Waals surface area (Å²) in [7, 11) is 1.38. The van der Waals surface area contributed by atoms with E-state index in [9.17, 15) is 24.9 Å². The summed E-state index contributed by atoms with van der Waals surface area (Å²) in [5, 5.41) is 38.7. The first-order valence-corrected chi connectivity index (χ1v) is 7.67. The second-order valence-corrected chi connectivity index (χ2v) is 6.53. The van der Waals surface area contributed by atoms with Crippen LogP contribution in [0, 0.1) is 23.7 Å². The molecule has 0 aromatic rings. The third-order valence-corrected chi connectivity index (χ3v) is 4.72. The van der Waals surface area contributed by atoms with Gasteiger partial charge in [-0.15, -0.1) is 0 Å². The minimum Gasteiger partial charge on any atom is -0.481 e. The largest absolute Gasteiger partial charge is 0.481 e. The summed E-state index contributed by atoms with van der Waals surface area (Å²) in [5.74, 6) is -4.36. The molecule has 7 heteroatoms. The van der Waals surface area contributed by atoms with E-state index in [1.165, 1.54) is 13.2 Å². The summed E-state index contributed by atoms with van der Waals surface area (Å²) < 4.78 is 4.99. The van der Waals surface area contributed by atoms with Crippen molar-refractivity contribution in [3.05, 3.63) is 11.6 Å². The lowest BCUT2D eigenvalue weighted by atomic mass is 9.61. The van der Waals surface area contributed by atoms with Gasteiger partial charge in [-0.1, -0.05) is 19.9 Å². The van der Waals surface area contributed by atoms with Crippen molar-refractivity contribution in [3.8, 4) is 0 Å². The van der Waals surface area contributed by atoms with Crippen molar-refractivity contribution in [1.82, 2.24) is 0 Å². The molecule has 0 saturated heterocycles. The Labute approximate surface area is 135 Å². The lowest BCUT2D eigenvalue weighted by Gasteiger charge is -2.46. The molecule has 132 valence electrons. The second-order valence-electron chi connectivity index (χ2n) is 6.53. The topological polar surface area (TPSA) is 124 Å². The van der Waals surface area contributed by atoms with Gasteiger partial charge in [-0.05, 0) is 30.6 Å². The fraction of sp³-hybridized carbons (Fsp3) is 0.750. The van der Waals surface area contributed by atoms with Gasteiger partial charge in [-0.25, -0.2) is 4.79 Å². The molecule has 0 aromatic carbocycles. The second kappa shape index (κ2) is 7.90. The first-order valence-electron chi connectivity index (χ1n) is 7.67. The fourth-order valence-corrected chi connectivity index (χ4v) is 3.60. The van der Waals surface area contributed by atoms with Crippen LogP contribution in [0.4, 0.5) is 0 Å². The average Bonchev–Trinajstić information content (AvgIpc) is 2.43. The molecule has 23 heavy (non-hydrogen) atoms. The maximum Gasteiger partial charge on any atom is 0.333 e. The van der Waals surface area contributed by atoms with Crippen molar-refractivity contribution in [2.45, 2.75) is 32.3 Å². The average molecular weight is 330 g/mol. The smallest absolute Gasteiger partial charge is 0.333 e. The van der Waals surface area contributed by atoms with Crippen LogP contribution in [0.5, 0.6) is 0 Å². The number of allylic oxidation sites excluding steroid dienone is 1. The Kier molecular flexibility index (Phi) is 6.73. The third kappa shape index (κ3) is 4.31. The van der Waals surface area contributed by atoms with Gasteiger partial charge in [0.2, 0.25) is 0 Å². The van der Waals surface area contributed by atoms with Gasteiger partial charge in [0.15, 0.2) is 0 Å². The monoisotopic (exact) mass is 330 g/mol. The Morgan fingerprint density at radius 1 is 1.35 bits per heavy atom. The van der Waals surface area contributed by atoms with E-state index < -0.39 is 36.0 Å². The highest BCUT2D eigenvalue weighted by molar-refractivity contribution is 5.87. The molecule has 0 bridgehead atoms. The van der Waals surface area contributed by atoms with Gasteiger partial charge in [0.05, 0.1) is 24.7 Å². The molecule has 0 aromatic heterocycles. The van der Waals surface area contributed by atoms with Gasteiger partial charge >= 0.3 is 11.9 Å². The minimum absolute atomic E-state index is 0.103. The summed E-state index contributed by atoms with van der Waals surface area (Å²) in [4.78, 5) is 23.0. The van der Waals surface area contributed by atoms with Crippen LogP contribution in [0.3, 0.4) is 0 Å². The van der Waals surface area contributed by atoms with E-state index in [4.69, 9.17) is 9.84 Å². The molecule has 0 unspecified atom stereocenters. The van der Waals surface area contributed by atoms with Crippen LogP contribution in [0.15, 0.2) is 11.6 Å². The Morgan fingerprint density at radius 3 is 2.35 bits per heavy atom. The normalized spacial score (nSPS) is 32.1. The maximum absolute atomic E-state index is 11.8. The van der Waals surface area contributed by atoms with Crippen molar-refractivity contribution in [2.24, 2.45) is 23.7 Å². The lowest BCUT2D eigenvalue weighted by Crippen LogP contribution is -2.55. The zero-order valence-corrected chi connectivity index (χ0v) is 13.7. The number of hydrogen-bond acceptors (Lipinski definition) is 5. The summed E-state index contributed by atoms with van der Waals surface area (Å²) in [5.41, 5.74) is -1.82. The molecular formula is C16H26O7. The molecule has 4 atom stereocenters. The summed E-state index contributed by atoms with van der Waals surface area (Å²) in [6.07, 6.45) is 2.12. The van der Waals surface area contributed by atoms with E-state index in [0.29, 0.717) is 6.42 Å². The van der Waals surface area contributed by atoms with Gasteiger partial charge in [0.1, 0.15) is 5.60 Å². The highest BCUT2D eigenvalue weighted by Crippen LogP contribution is 2.46. The fourth-order valence-electron chi connectivity index (χ4n) is 3.60. The van der Waals surface area contributed by atoms with E-state index in [1.54, 1.807) is 0 Å². The highest BCUT2D eigenvalue weighted by Gasteiger charge is 2.52. The molecule has 0 amide bonds. The number of carboxylic acid groups (broad SMARTS) is 2. The lowest BCUT2D eigenvalue weighted by molar-refractivity contribution is -0.172. The molecule has 7 nitrogen and oxygen atoms in total. The van der Waals surface area contributed by atoms with Crippen molar-refractivity contribution >= 4 is 11.9 Å². The Balaban J connectivity index is 3.37. The number of methoxy groups -OCH3 is 1. The highest BCUT2D eigenvalue weighted by atomic mass is 16.5. The predicted molar refractivity (Wildman–Crippen MR) is 81.8 cm³/mol. The molecular weight excluding hydrogens is 304 g/mol. The number of hydrogen-bond donors (Lipinski definition) is 4. The van der Waals surface area contributed by atoms with E-state index in [0.717, 1.165) is 0 Å². The maximum atomic E-state index is 11.8. The van der Waals surface area contributed by atoms with Crippen LogP contribution >= 0.6 is 0 Å². The molecule has 1 rings (SSSR count). The van der Waals surface area contributed by atoms with E-state index in [1.807, 2.05) is 13.8 Å². The van der Waals surface area contributed by atoms with Gasteiger partial charge < -0.3 is 25.2 Å². The quantitative estimate of drug-likeness (QED) is 0.508. The van der Waals surface area contributed by atoms with E-state index in [2.05, 4.69) is 0 Å². The SMILES string of the molecule is COC[C@]1(O)CC[C@H](C(C)C)[C@@H](/C=C(\CO)C(=O)O)[C@@H]1C(=O)O. The van der Waals surface area contributed by atoms with Crippen molar-refractivity contribution < 1.29 is 34.8 Å². The number of carbonyl (C=O) groups is 2. The summed E-state index contributed by atoms with van der Waals surface area (Å²) in [6.45, 7) is 3.04. The molecule has 0 radical (unpaired) electrons. The van der Waals surface area contributed by atoms with Gasteiger partial charge in [-0.3, -0.25) is 4.79 Å². The molecule has 0 aliphatic heterocycles. The standard InChI is InChI=1S/C16H26O7/c1-9(2)11-4-5-16(22,8-23-3)13(15(20)21)12(11)6-10(7-17)14(18)19/h6,9,11-13,17,22H,4-5,7-8H2,1-3H3,(H,18,19)(H,20,21)/b10-6+/t11-,12-,13-,16-/m1/s1. The molecule has 0 heterocycles. The molecule has 1 saturated carbocycles. The number of ether oxygens (including phenoxy) is 1. The molecule has 1 aliphatic rings. The number of carboxylic acids is 2. The van der Waals surface area contributed by atoms with Crippen molar-refractivity contribution in [1.29, 1.82) is 0 Å². The number of aliphatic hydroxyl groups excluding tert-OH is 1.